The summed E-state index contributed by atoms with van der Waals surface area (Å²) in [5.74, 6) is 2.15. The molecule has 30 heavy (non-hydrogen) atoms. The van der Waals surface area contributed by atoms with Gasteiger partial charge in [0, 0.05) is 32.0 Å². The van der Waals surface area contributed by atoms with E-state index in [2.05, 4.69) is 21.4 Å². The SMILES string of the molecule is COc1ccccc1.O=S(=O)(Cl)Cl.O=S(=O)(Cl)c1ccc(Oc2ccccc2)cc1. The molecule has 0 amide bonds. The van der Waals surface area contributed by atoms with E-state index in [4.69, 9.17) is 28.6 Å². The molecule has 0 aliphatic heterocycles. The molecular formula is C19H17Cl3O6S2. The number of hydrogen-bond acceptors (Lipinski definition) is 6. The molecule has 3 rings (SSSR count). The molecule has 0 atom stereocenters. The van der Waals surface area contributed by atoms with Gasteiger partial charge in [0.1, 0.15) is 17.2 Å². The normalized spacial score (nSPS) is 10.5. The van der Waals surface area contributed by atoms with Gasteiger partial charge in [-0.1, -0.05) is 36.4 Å². The van der Waals surface area contributed by atoms with Crippen LogP contribution in [0.1, 0.15) is 0 Å². The maximum absolute atomic E-state index is 11.0. The largest absolute Gasteiger partial charge is 0.497 e. The van der Waals surface area contributed by atoms with Gasteiger partial charge in [-0.05, 0) is 48.5 Å². The predicted octanol–water partition coefficient (Wildman–Crippen LogP) is 5.81. The molecule has 0 saturated heterocycles. The standard InChI is InChI=1S/C12H9ClO3S.C7H8O.Cl2O2S/c13-17(14,15)12-8-6-11(7-9-12)16-10-4-2-1-3-5-10;1-8-7-5-3-2-4-6-7;1-5(2,3)4/h1-9H;2-6H,1H3;. The molecule has 11 heteroatoms. The van der Waals surface area contributed by atoms with Crippen LogP contribution in [0, 0.1) is 0 Å². The van der Waals surface area contributed by atoms with Crippen LogP contribution in [-0.4, -0.2) is 23.9 Å². The molecule has 0 spiro atoms. The Labute approximate surface area is 189 Å². The minimum Gasteiger partial charge on any atom is -0.497 e. The first-order valence-electron chi connectivity index (χ1n) is 8.00. The van der Waals surface area contributed by atoms with Crippen molar-refractivity contribution in [2.45, 2.75) is 4.90 Å². The van der Waals surface area contributed by atoms with Crippen molar-refractivity contribution in [2.24, 2.45) is 0 Å². The Kier molecular flexibility index (Phi) is 11.0. The van der Waals surface area contributed by atoms with E-state index in [0.29, 0.717) is 11.5 Å². The van der Waals surface area contributed by atoms with Crippen LogP contribution < -0.4 is 9.47 Å². The van der Waals surface area contributed by atoms with Crippen molar-refractivity contribution in [3.63, 3.8) is 0 Å². The average Bonchev–Trinajstić information content (AvgIpc) is 2.68. The van der Waals surface area contributed by atoms with Crippen LogP contribution in [0.25, 0.3) is 0 Å². The van der Waals surface area contributed by atoms with Crippen molar-refractivity contribution in [3.8, 4) is 17.2 Å². The maximum Gasteiger partial charge on any atom is 0.317 e. The van der Waals surface area contributed by atoms with Crippen LogP contribution in [-0.2, 0) is 17.3 Å². The van der Waals surface area contributed by atoms with E-state index in [1.165, 1.54) is 12.1 Å². The fourth-order valence-corrected chi connectivity index (χ4v) is 2.62. The second kappa shape index (κ2) is 12.7. The van der Waals surface area contributed by atoms with Crippen molar-refractivity contribution in [3.05, 3.63) is 84.9 Å². The Bertz CT molecular complexity index is 1080. The first kappa shape index (κ1) is 26.1. The van der Waals surface area contributed by atoms with E-state index < -0.39 is 17.3 Å². The van der Waals surface area contributed by atoms with Gasteiger partial charge in [-0.2, -0.15) is 8.42 Å². The Hall–Kier alpha value is -1.97. The van der Waals surface area contributed by atoms with Crippen LogP contribution in [0.3, 0.4) is 0 Å². The maximum atomic E-state index is 11.0. The van der Waals surface area contributed by atoms with Gasteiger partial charge in [0.25, 0.3) is 9.05 Å². The third kappa shape index (κ3) is 12.6. The van der Waals surface area contributed by atoms with Gasteiger partial charge >= 0.3 is 8.26 Å². The van der Waals surface area contributed by atoms with Crippen molar-refractivity contribution < 1.29 is 26.3 Å². The molecule has 0 N–H and O–H groups in total. The van der Waals surface area contributed by atoms with Gasteiger partial charge in [-0.25, -0.2) is 8.42 Å². The Morgan fingerprint density at radius 2 is 0.967 bits per heavy atom. The highest BCUT2D eigenvalue weighted by molar-refractivity contribution is 8.31. The fourth-order valence-electron chi connectivity index (χ4n) is 1.85. The lowest BCUT2D eigenvalue weighted by Crippen LogP contribution is -1.90. The summed E-state index contributed by atoms with van der Waals surface area (Å²) in [5, 5.41) is 0. The summed E-state index contributed by atoms with van der Waals surface area (Å²) in [7, 11) is 8.00. The smallest absolute Gasteiger partial charge is 0.317 e. The minimum absolute atomic E-state index is 0.0552. The Balaban J connectivity index is 0.000000286. The molecule has 0 saturated carbocycles. The highest BCUT2D eigenvalue weighted by Crippen LogP contribution is 2.23. The average molecular weight is 512 g/mol. The number of methoxy groups -OCH3 is 1. The van der Waals surface area contributed by atoms with Crippen molar-refractivity contribution in [1.29, 1.82) is 0 Å². The van der Waals surface area contributed by atoms with E-state index in [1.807, 2.05) is 60.7 Å². The molecule has 3 aromatic rings. The zero-order valence-corrected chi connectivity index (χ0v) is 19.4. The van der Waals surface area contributed by atoms with Crippen LogP contribution in [0.15, 0.2) is 89.8 Å². The first-order valence-corrected chi connectivity index (χ1v) is 13.4. The fraction of sp³-hybridized carbons (Fsp3) is 0.0526. The summed E-state index contributed by atoms with van der Waals surface area (Å²) in [5.41, 5.74) is 0. The molecule has 3 aromatic carbocycles. The Morgan fingerprint density at radius 1 is 0.600 bits per heavy atom. The van der Waals surface area contributed by atoms with E-state index in [9.17, 15) is 8.42 Å². The lowest BCUT2D eigenvalue weighted by molar-refractivity contribution is 0.415. The number of hydrogen-bond donors (Lipinski definition) is 0. The lowest BCUT2D eigenvalue weighted by Gasteiger charge is -2.05. The highest BCUT2D eigenvalue weighted by atomic mass is 36.0. The number of benzene rings is 3. The zero-order chi connectivity index (χ0) is 22.6. The molecule has 0 aliphatic rings. The molecule has 0 heterocycles. The van der Waals surface area contributed by atoms with E-state index in [0.717, 1.165) is 5.75 Å². The summed E-state index contributed by atoms with van der Waals surface area (Å²) < 4.78 is 50.8. The van der Waals surface area contributed by atoms with Gasteiger partial charge in [0.05, 0.1) is 12.0 Å². The van der Waals surface area contributed by atoms with Crippen LogP contribution >= 0.6 is 32.0 Å². The van der Waals surface area contributed by atoms with Gasteiger partial charge < -0.3 is 9.47 Å². The molecule has 0 unspecified atom stereocenters. The summed E-state index contributed by atoms with van der Waals surface area (Å²) >= 11 is 0. The monoisotopic (exact) mass is 510 g/mol. The summed E-state index contributed by atoms with van der Waals surface area (Å²) in [4.78, 5) is 0.0552. The molecule has 0 fully saturated rings. The second-order valence-corrected chi connectivity index (χ2v) is 11.5. The number of para-hydroxylation sites is 2. The molecular weight excluding hydrogens is 495 g/mol. The zero-order valence-electron chi connectivity index (χ0n) is 15.5. The highest BCUT2D eigenvalue weighted by Gasteiger charge is 2.09. The third-order valence-corrected chi connectivity index (χ3v) is 4.43. The van der Waals surface area contributed by atoms with E-state index >= 15 is 0 Å². The molecule has 0 aromatic heterocycles. The number of ether oxygens (including phenoxy) is 2. The lowest BCUT2D eigenvalue weighted by atomic mass is 10.3. The van der Waals surface area contributed by atoms with Gasteiger partial charge in [-0.3, -0.25) is 0 Å². The van der Waals surface area contributed by atoms with Crippen molar-refractivity contribution in [1.82, 2.24) is 0 Å². The van der Waals surface area contributed by atoms with E-state index in [1.54, 1.807) is 19.2 Å². The Morgan fingerprint density at radius 3 is 1.30 bits per heavy atom. The van der Waals surface area contributed by atoms with Gasteiger partial charge in [0.15, 0.2) is 0 Å². The molecule has 0 aliphatic carbocycles. The quantitative estimate of drug-likeness (QED) is 0.411. The summed E-state index contributed by atoms with van der Waals surface area (Å²) in [6, 6.07) is 24.8. The van der Waals surface area contributed by atoms with Gasteiger partial charge in [0.2, 0.25) is 0 Å². The van der Waals surface area contributed by atoms with Crippen molar-refractivity contribution >= 4 is 49.4 Å². The minimum atomic E-state index is -3.72. The van der Waals surface area contributed by atoms with Crippen LogP contribution in [0.4, 0.5) is 0 Å². The van der Waals surface area contributed by atoms with E-state index in [-0.39, 0.29) is 4.90 Å². The van der Waals surface area contributed by atoms with Gasteiger partial charge in [-0.15, -0.1) is 0 Å². The molecule has 6 nitrogen and oxygen atoms in total. The van der Waals surface area contributed by atoms with Crippen molar-refractivity contribution in [2.75, 3.05) is 7.11 Å². The summed E-state index contributed by atoms with van der Waals surface area (Å²) in [6.45, 7) is 0. The summed E-state index contributed by atoms with van der Waals surface area (Å²) in [6.07, 6.45) is 0. The third-order valence-electron chi connectivity index (χ3n) is 3.06. The molecule has 0 bridgehead atoms. The first-order chi connectivity index (χ1) is 14.0. The number of rotatable bonds is 4. The topological polar surface area (TPSA) is 86.7 Å². The molecule has 162 valence electrons. The van der Waals surface area contributed by atoms with Crippen LogP contribution in [0.5, 0.6) is 17.2 Å². The van der Waals surface area contributed by atoms with Crippen LogP contribution in [0.2, 0.25) is 0 Å². The number of halogens is 3. The predicted molar refractivity (Wildman–Crippen MR) is 120 cm³/mol. The molecule has 0 radical (unpaired) electrons. The second-order valence-electron chi connectivity index (χ2n) is 5.22.